The van der Waals surface area contributed by atoms with Crippen molar-refractivity contribution in [3.05, 3.63) is 34.4 Å². The molecule has 1 saturated heterocycles. The van der Waals surface area contributed by atoms with Gasteiger partial charge in [-0.15, -0.1) is 0 Å². The van der Waals surface area contributed by atoms with Crippen molar-refractivity contribution in [3.63, 3.8) is 0 Å². The molecule has 27 heavy (non-hydrogen) atoms. The highest BCUT2D eigenvalue weighted by atomic mass is 32.2. The van der Waals surface area contributed by atoms with Gasteiger partial charge in [-0.1, -0.05) is 0 Å². The highest BCUT2D eigenvalue weighted by Gasteiger charge is 2.39. The zero-order valence-corrected chi connectivity index (χ0v) is 15.8. The maximum atomic E-state index is 12.6. The number of hydrogen-bond acceptors (Lipinski definition) is 6. The van der Waals surface area contributed by atoms with Gasteiger partial charge in [-0.3, -0.25) is 14.2 Å². The van der Waals surface area contributed by atoms with Crippen LogP contribution in [0.2, 0.25) is 0 Å². The van der Waals surface area contributed by atoms with E-state index in [1.807, 2.05) is 0 Å². The molecule has 144 valence electrons. The SMILES string of the molecule is C[C@@]1(NC(=O)COc2ccc3nc4n(c(=O)c3c2)CCC4)CCS(=O)(=O)C1. The summed E-state index contributed by atoms with van der Waals surface area (Å²) in [5, 5.41) is 3.21. The van der Waals surface area contributed by atoms with Gasteiger partial charge in [-0.25, -0.2) is 13.4 Å². The third-order valence-electron chi connectivity index (χ3n) is 5.10. The standard InChI is InChI=1S/C18H21N3O5S/c1-18(6-8-27(24,25)11-18)20-16(22)10-26-12-4-5-14-13(9-12)17(23)21-7-2-3-15(21)19-14/h4-5,9H,2-3,6-8,10-11H2,1H3,(H,20,22)/t18-/m1/s1. The molecule has 8 nitrogen and oxygen atoms in total. The van der Waals surface area contributed by atoms with Crippen molar-refractivity contribution >= 4 is 26.6 Å². The predicted octanol–water partition coefficient (Wildman–Crippen LogP) is 0.415. The molecule has 1 fully saturated rings. The van der Waals surface area contributed by atoms with Crippen molar-refractivity contribution in [2.24, 2.45) is 0 Å². The molecule has 0 spiro atoms. The summed E-state index contributed by atoms with van der Waals surface area (Å²) in [5.41, 5.74) is -0.230. The Kier molecular flexibility index (Phi) is 4.21. The van der Waals surface area contributed by atoms with Crippen LogP contribution in [0.25, 0.3) is 10.9 Å². The van der Waals surface area contributed by atoms with Crippen LogP contribution in [0.4, 0.5) is 0 Å². The van der Waals surface area contributed by atoms with Crippen LogP contribution >= 0.6 is 0 Å². The van der Waals surface area contributed by atoms with Crippen LogP contribution in [-0.4, -0.2) is 47.5 Å². The van der Waals surface area contributed by atoms with E-state index in [1.54, 1.807) is 29.7 Å². The number of hydrogen-bond donors (Lipinski definition) is 1. The number of carbonyl (C=O) groups excluding carboxylic acids is 1. The first kappa shape index (κ1) is 18.0. The molecular formula is C18H21N3O5S. The molecule has 9 heteroatoms. The van der Waals surface area contributed by atoms with Gasteiger partial charge in [-0.2, -0.15) is 0 Å². The summed E-state index contributed by atoms with van der Waals surface area (Å²) in [6, 6.07) is 5.00. The Bertz CT molecular complexity index is 1090. The van der Waals surface area contributed by atoms with E-state index in [-0.39, 0.29) is 23.7 Å². The second kappa shape index (κ2) is 6.33. The predicted molar refractivity (Wildman–Crippen MR) is 99.6 cm³/mol. The van der Waals surface area contributed by atoms with Gasteiger partial charge in [0, 0.05) is 13.0 Å². The van der Waals surface area contributed by atoms with Crippen molar-refractivity contribution < 1.29 is 17.9 Å². The fourth-order valence-electron chi connectivity index (χ4n) is 3.78. The van der Waals surface area contributed by atoms with Crippen LogP contribution in [0.1, 0.15) is 25.6 Å². The molecule has 0 saturated carbocycles. The lowest BCUT2D eigenvalue weighted by atomic mass is 10.0. The van der Waals surface area contributed by atoms with E-state index in [1.165, 1.54) is 0 Å². The number of rotatable bonds is 4. The molecule has 3 heterocycles. The summed E-state index contributed by atoms with van der Waals surface area (Å²) >= 11 is 0. The maximum absolute atomic E-state index is 12.6. The minimum atomic E-state index is -3.10. The van der Waals surface area contributed by atoms with E-state index in [4.69, 9.17) is 4.74 Å². The number of ether oxygens (including phenoxy) is 1. The molecule has 1 aromatic heterocycles. The van der Waals surface area contributed by atoms with E-state index in [2.05, 4.69) is 10.3 Å². The molecule has 1 aromatic carbocycles. The molecule has 2 aliphatic rings. The van der Waals surface area contributed by atoms with Gasteiger partial charge < -0.3 is 10.1 Å². The van der Waals surface area contributed by atoms with E-state index in [0.29, 0.717) is 29.6 Å². The van der Waals surface area contributed by atoms with Gasteiger partial charge in [0.15, 0.2) is 16.4 Å². The Balaban J connectivity index is 1.46. The minimum Gasteiger partial charge on any atom is -0.484 e. The summed E-state index contributed by atoms with van der Waals surface area (Å²) in [7, 11) is -3.10. The topological polar surface area (TPSA) is 107 Å². The molecule has 1 N–H and O–H groups in total. The largest absolute Gasteiger partial charge is 0.484 e. The monoisotopic (exact) mass is 391 g/mol. The highest BCUT2D eigenvalue weighted by molar-refractivity contribution is 7.91. The van der Waals surface area contributed by atoms with Gasteiger partial charge in [0.1, 0.15) is 11.6 Å². The van der Waals surface area contributed by atoms with Gasteiger partial charge in [-0.05, 0) is 38.0 Å². The van der Waals surface area contributed by atoms with Crippen molar-refractivity contribution in [2.75, 3.05) is 18.1 Å². The molecule has 1 atom stereocenters. The summed E-state index contributed by atoms with van der Waals surface area (Å²) in [6.45, 7) is 2.14. The summed E-state index contributed by atoms with van der Waals surface area (Å²) in [5.74, 6) is 0.837. The third kappa shape index (κ3) is 3.55. The third-order valence-corrected chi connectivity index (χ3v) is 7.00. The van der Waals surface area contributed by atoms with E-state index in [9.17, 15) is 18.0 Å². The van der Waals surface area contributed by atoms with E-state index >= 15 is 0 Å². The normalized spacial score (nSPS) is 23.3. The average molecular weight is 391 g/mol. The Labute approximate surface area is 156 Å². The number of benzene rings is 1. The van der Waals surface area contributed by atoms with Gasteiger partial charge in [0.05, 0.1) is 27.9 Å². The second-order valence-corrected chi connectivity index (χ2v) is 9.69. The zero-order chi connectivity index (χ0) is 19.2. The number of nitrogens with one attached hydrogen (secondary N) is 1. The number of aryl methyl sites for hydroxylation is 1. The summed E-state index contributed by atoms with van der Waals surface area (Å²) < 4.78 is 30.4. The number of carbonyl (C=O) groups is 1. The Morgan fingerprint density at radius 1 is 1.41 bits per heavy atom. The second-order valence-electron chi connectivity index (χ2n) is 7.51. The lowest BCUT2D eigenvalue weighted by Gasteiger charge is -2.23. The lowest BCUT2D eigenvalue weighted by molar-refractivity contribution is -0.124. The Hall–Kier alpha value is -2.42. The number of amides is 1. The van der Waals surface area contributed by atoms with Crippen LogP contribution in [0.5, 0.6) is 5.75 Å². The minimum absolute atomic E-state index is 0.0603. The molecule has 2 aliphatic heterocycles. The average Bonchev–Trinajstić information content (AvgIpc) is 3.17. The van der Waals surface area contributed by atoms with E-state index < -0.39 is 21.3 Å². The fraction of sp³-hybridized carbons (Fsp3) is 0.500. The molecule has 0 bridgehead atoms. The molecule has 2 aromatic rings. The Morgan fingerprint density at radius 3 is 2.96 bits per heavy atom. The first-order valence-corrected chi connectivity index (χ1v) is 10.7. The van der Waals surface area contributed by atoms with Crippen molar-refractivity contribution in [1.29, 1.82) is 0 Å². The zero-order valence-electron chi connectivity index (χ0n) is 15.0. The first-order chi connectivity index (χ1) is 12.7. The van der Waals surface area contributed by atoms with Crippen LogP contribution in [0, 0.1) is 0 Å². The molecule has 0 radical (unpaired) electrons. The van der Waals surface area contributed by atoms with Crippen molar-refractivity contribution in [2.45, 2.75) is 38.3 Å². The highest BCUT2D eigenvalue weighted by Crippen LogP contribution is 2.23. The fourth-order valence-corrected chi connectivity index (χ4v) is 5.88. The first-order valence-electron chi connectivity index (χ1n) is 8.92. The number of sulfone groups is 1. The smallest absolute Gasteiger partial charge is 0.261 e. The van der Waals surface area contributed by atoms with Crippen LogP contribution < -0.4 is 15.6 Å². The number of fused-ring (bicyclic) bond motifs is 2. The number of aromatic nitrogens is 2. The van der Waals surface area contributed by atoms with Crippen molar-refractivity contribution in [3.8, 4) is 5.75 Å². The van der Waals surface area contributed by atoms with Gasteiger partial charge in [0.2, 0.25) is 0 Å². The quantitative estimate of drug-likeness (QED) is 0.809. The molecular weight excluding hydrogens is 370 g/mol. The van der Waals surface area contributed by atoms with E-state index in [0.717, 1.165) is 18.7 Å². The molecule has 0 unspecified atom stereocenters. The lowest BCUT2D eigenvalue weighted by Crippen LogP contribution is -2.48. The molecule has 4 rings (SSSR count). The van der Waals surface area contributed by atoms with Crippen LogP contribution in [-0.2, 0) is 27.6 Å². The maximum Gasteiger partial charge on any atom is 0.261 e. The van der Waals surface area contributed by atoms with Gasteiger partial charge in [0.25, 0.3) is 11.5 Å². The van der Waals surface area contributed by atoms with Crippen molar-refractivity contribution in [1.82, 2.24) is 14.9 Å². The number of nitrogens with zero attached hydrogens (tertiary/aromatic N) is 2. The summed E-state index contributed by atoms with van der Waals surface area (Å²) in [4.78, 5) is 29.3. The summed E-state index contributed by atoms with van der Waals surface area (Å²) in [6.07, 6.45) is 2.11. The van der Waals surface area contributed by atoms with Crippen LogP contribution in [0.15, 0.2) is 23.0 Å². The molecule has 1 amide bonds. The Morgan fingerprint density at radius 2 is 2.22 bits per heavy atom. The van der Waals surface area contributed by atoms with Crippen LogP contribution in [0.3, 0.4) is 0 Å². The molecule has 0 aliphatic carbocycles. The van der Waals surface area contributed by atoms with Gasteiger partial charge >= 0.3 is 0 Å².